The van der Waals surface area contributed by atoms with Crippen molar-refractivity contribution in [3.63, 3.8) is 0 Å². The van der Waals surface area contributed by atoms with Crippen LogP contribution < -0.4 is 10.6 Å². The Hall–Kier alpha value is -2.10. The standard InChI is InChI=1S/C16H16F2N2/c17-13-6-1-4-11(16(13)18)10-20-9-3-5-12-14(19)7-2-8-15(12)20/h1-2,4,6-8H,3,5,9-10,19H2. The van der Waals surface area contributed by atoms with Crippen molar-refractivity contribution >= 4 is 11.4 Å². The third-order valence-corrected chi connectivity index (χ3v) is 3.78. The van der Waals surface area contributed by atoms with Crippen molar-refractivity contribution in [3.05, 3.63) is 59.2 Å². The smallest absolute Gasteiger partial charge is 0.163 e. The van der Waals surface area contributed by atoms with Gasteiger partial charge in [-0.25, -0.2) is 8.78 Å². The van der Waals surface area contributed by atoms with Crippen molar-refractivity contribution in [2.45, 2.75) is 19.4 Å². The van der Waals surface area contributed by atoms with Gasteiger partial charge in [-0.3, -0.25) is 0 Å². The number of rotatable bonds is 2. The summed E-state index contributed by atoms with van der Waals surface area (Å²) in [7, 11) is 0. The Bertz CT molecular complexity index is 640. The van der Waals surface area contributed by atoms with Gasteiger partial charge in [0.05, 0.1) is 0 Å². The third kappa shape index (κ3) is 2.22. The maximum absolute atomic E-state index is 13.8. The summed E-state index contributed by atoms with van der Waals surface area (Å²) < 4.78 is 27.1. The molecule has 20 heavy (non-hydrogen) atoms. The summed E-state index contributed by atoms with van der Waals surface area (Å²) in [5.74, 6) is -1.56. The van der Waals surface area contributed by atoms with E-state index in [1.807, 2.05) is 18.2 Å². The lowest BCUT2D eigenvalue weighted by Crippen LogP contribution is -2.29. The topological polar surface area (TPSA) is 29.3 Å². The molecular weight excluding hydrogens is 258 g/mol. The Morgan fingerprint density at radius 3 is 2.75 bits per heavy atom. The molecule has 0 atom stereocenters. The minimum atomic E-state index is -0.799. The van der Waals surface area contributed by atoms with E-state index < -0.39 is 11.6 Å². The molecule has 0 saturated carbocycles. The number of fused-ring (bicyclic) bond motifs is 1. The summed E-state index contributed by atoms with van der Waals surface area (Å²) in [6.45, 7) is 1.19. The van der Waals surface area contributed by atoms with Crippen LogP contribution in [0.4, 0.5) is 20.2 Å². The number of hydrogen-bond acceptors (Lipinski definition) is 2. The lowest BCUT2D eigenvalue weighted by Gasteiger charge is -2.32. The van der Waals surface area contributed by atoms with Gasteiger partial charge in [0, 0.05) is 30.0 Å². The van der Waals surface area contributed by atoms with Gasteiger partial charge in [0.25, 0.3) is 0 Å². The molecule has 104 valence electrons. The Kier molecular flexibility index (Phi) is 3.30. The molecule has 2 nitrogen and oxygen atoms in total. The summed E-state index contributed by atoms with van der Waals surface area (Å²) >= 11 is 0. The number of nitrogen functional groups attached to an aromatic ring is 1. The quantitative estimate of drug-likeness (QED) is 0.849. The van der Waals surface area contributed by atoms with E-state index in [-0.39, 0.29) is 0 Å². The van der Waals surface area contributed by atoms with E-state index in [4.69, 9.17) is 5.73 Å². The lowest BCUT2D eigenvalue weighted by atomic mass is 9.99. The Morgan fingerprint density at radius 2 is 1.90 bits per heavy atom. The average molecular weight is 274 g/mol. The van der Waals surface area contributed by atoms with Gasteiger partial charge in [-0.15, -0.1) is 0 Å². The molecule has 0 aromatic heterocycles. The molecule has 0 amide bonds. The van der Waals surface area contributed by atoms with Crippen molar-refractivity contribution in [3.8, 4) is 0 Å². The second-order valence-corrected chi connectivity index (χ2v) is 5.08. The van der Waals surface area contributed by atoms with Gasteiger partial charge >= 0.3 is 0 Å². The van der Waals surface area contributed by atoms with Crippen molar-refractivity contribution in [1.82, 2.24) is 0 Å². The first kappa shape index (κ1) is 12.9. The summed E-state index contributed by atoms with van der Waals surface area (Å²) in [5, 5.41) is 0. The molecule has 2 N–H and O–H groups in total. The highest BCUT2D eigenvalue weighted by atomic mass is 19.2. The zero-order valence-corrected chi connectivity index (χ0v) is 11.1. The van der Waals surface area contributed by atoms with Crippen LogP contribution in [0, 0.1) is 11.6 Å². The predicted molar refractivity (Wildman–Crippen MR) is 76.6 cm³/mol. The van der Waals surface area contributed by atoms with Crippen LogP contribution in [0.5, 0.6) is 0 Å². The summed E-state index contributed by atoms with van der Waals surface area (Å²) in [6, 6.07) is 10.1. The highest BCUT2D eigenvalue weighted by molar-refractivity contribution is 5.66. The van der Waals surface area contributed by atoms with Gasteiger partial charge in [-0.05, 0) is 36.6 Å². The number of hydrogen-bond donors (Lipinski definition) is 1. The first-order chi connectivity index (χ1) is 9.66. The van der Waals surface area contributed by atoms with E-state index in [1.165, 1.54) is 6.07 Å². The molecule has 0 radical (unpaired) electrons. The zero-order chi connectivity index (χ0) is 14.1. The molecule has 2 aromatic carbocycles. The monoisotopic (exact) mass is 274 g/mol. The lowest BCUT2D eigenvalue weighted by molar-refractivity contribution is 0.496. The molecule has 0 fully saturated rings. The number of nitrogens with zero attached hydrogens (tertiary/aromatic N) is 1. The zero-order valence-electron chi connectivity index (χ0n) is 11.1. The highest BCUT2D eigenvalue weighted by Crippen LogP contribution is 2.32. The Labute approximate surface area is 116 Å². The van der Waals surface area contributed by atoms with Crippen LogP contribution in [0.1, 0.15) is 17.5 Å². The van der Waals surface area contributed by atoms with Gasteiger partial charge in [-0.1, -0.05) is 18.2 Å². The summed E-state index contributed by atoms with van der Waals surface area (Å²) in [4.78, 5) is 2.06. The van der Waals surface area contributed by atoms with Crippen LogP contribution in [0.3, 0.4) is 0 Å². The highest BCUT2D eigenvalue weighted by Gasteiger charge is 2.20. The molecule has 0 saturated heterocycles. The van der Waals surface area contributed by atoms with Crippen LogP contribution in [-0.2, 0) is 13.0 Å². The fraction of sp³-hybridized carbons (Fsp3) is 0.250. The van der Waals surface area contributed by atoms with Crippen LogP contribution in [-0.4, -0.2) is 6.54 Å². The molecule has 1 aliphatic rings. The van der Waals surface area contributed by atoms with Crippen molar-refractivity contribution in [2.24, 2.45) is 0 Å². The first-order valence-corrected chi connectivity index (χ1v) is 6.72. The molecule has 0 unspecified atom stereocenters. The fourth-order valence-corrected chi connectivity index (χ4v) is 2.77. The van der Waals surface area contributed by atoms with E-state index >= 15 is 0 Å². The third-order valence-electron chi connectivity index (χ3n) is 3.78. The number of anilines is 2. The van der Waals surface area contributed by atoms with Gasteiger partial charge in [0.2, 0.25) is 0 Å². The molecule has 2 aromatic rings. The van der Waals surface area contributed by atoms with Gasteiger partial charge in [-0.2, -0.15) is 0 Å². The van der Waals surface area contributed by atoms with Gasteiger partial charge in [0.15, 0.2) is 11.6 Å². The second kappa shape index (κ2) is 5.12. The first-order valence-electron chi connectivity index (χ1n) is 6.72. The van der Waals surface area contributed by atoms with Crippen LogP contribution in [0.2, 0.25) is 0 Å². The van der Waals surface area contributed by atoms with E-state index in [9.17, 15) is 8.78 Å². The average Bonchev–Trinajstić information content (AvgIpc) is 2.45. The second-order valence-electron chi connectivity index (χ2n) is 5.08. The van der Waals surface area contributed by atoms with E-state index in [0.29, 0.717) is 12.1 Å². The molecule has 0 bridgehead atoms. The van der Waals surface area contributed by atoms with Crippen LogP contribution in [0.15, 0.2) is 36.4 Å². The van der Waals surface area contributed by atoms with Crippen molar-refractivity contribution < 1.29 is 8.78 Å². The Balaban J connectivity index is 1.94. The molecule has 3 rings (SSSR count). The van der Waals surface area contributed by atoms with E-state index in [2.05, 4.69) is 4.90 Å². The minimum Gasteiger partial charge on any atom is -0.398 e. The molecule has 0 aliphatic carbocycles. The molecule has 1 heterocycles. The molecule has 0 spiro atoms. The van der Waals surface area contributed by atoms with E-state index in [0.717, 1.165) is 42.4 Å². The molecular formula is C16H16F2N2. The normalized spacial score (nSPS) is 14.2. The fourth-order valence-electron chi connectivity index (χ4n) is 2.77. The largest absolute Gasteiger partial charge is 0.398 e. The molecule has 4 heteroatoms. The minimum absolute atomic E-state index is 0.361. The summed E-state index contributed by atoms with van der Waals surface area (Å²) in [5.41, 5.74) is 9.27. The van der Waals surface area contributed by atoms with Crippen molar-refractivity contribution in [2.75, 3.05) is 17.2 Å². The molecule has 1 aliphatic heterocycles. The predicted octanol–water partition coefficient (Wildman–Crippen LogP) is 3.50. The van der Waals surface area contributed by atoms with Crippen molar-refractivity contribution in [1.29, 1.82) is 0 Å². The number of nitrogens with two attached hydrogens (primary N) is 1. The van der Waals surface area contributed by atoms with Crippen LogP contribution in [0.25, 0.3) is 0 Å². The van der Waals surface area contributed by atoms with Crippen LogP contribution >= 0.6 is 0 Å². The Morgan fingerprint density at radius 1 is 1.10 bits per heavy atom. The number of benzene rings is 2. The maximum Gasteiger partial charge on any atom is 0.163 e. The maximum atomic E-state index is 13.8. The van der Waals surface area contributed by atoms with Gasteiger partial charge < -0.3 is 10.6 Å². The van der Waals surface area contributed by atoms with E-state index in [1.54, 1.807) is 6.07 Å². The SMILES string of the molecule is Nc1cccc2c1CCCN2Cc1cccc(F)c1F. The van der Waals surface area contributed by atoms with Gasteiger partial charge in [0.1, 0.15) is 0 Å². The number of halogens is 2. The summed E-state index contributed by atoms with van der Waals surface area (Å²) in [6.07, 6.45) is 1.91.